The maximum atomic E-state index is 11.8. The zero-order valence-corrected chi connectivity index (χ0v) is 9.28. The third-order valence-electron chi connectivity index (χ3n) is 3.07. The van der Waals surface area contributed by atoms with Crippen molar-refractivity contribution in [1.82, 2.24) is 0 Å². The number of hydrogen-bond acceptors (Lipinski definition) is 4. The molecule has 1 aliphatic rings. The lowest BCUT2D eigenvalue weighted by molar-refractivity contribution is -0.166. The van der Waals surface area contributed by atoms with Gasteiger partial charge in [0.2, 0.25) is 0 Å². The summed E-state index contributed by atoms with van der Waals surface area (Å²) in [5, 5.41) is 9.27. The van der Waals surface area contributed by atoms with Crippen LogP contribution in [0.4, 0.5) is 0 Å². The van der Waals surface area contributed by atoms with E-state index >= 15 is 0 Å². The van der Waals surface area contributed by atoms with Gasteiger partial charge in [-0.2, -0.15) is 0 Å². The lowest BCUT2D eigenvalue weighted by atomic mass is 9.70. The first-order valence-corrected chi connectivity index (χ1v) is 5.38. The van der Waals surface area contributed by atoms with Gasteiger partial charge in [-0.15, -0.1) is 0 Å². The van der Waals surface area contributed by atoms with E-state index in [0.717, 1.165) is 6.42 Å². The van der Waals surface area contributed by atoms with Crippen molar-refractivity contribution in [3.05, 3.63) is 0 Å². The second kappa shape index (κ2) is 4.75. The fourth-order valence-corrected chi connectivity index (χ4v) is 1.96. The van der Waals surface area contributed by atoms with Gasteiger partial charge >= 0.3 is 5.97 Å². The molecule has 86 valence electrons. The molecule has 15 heavy (non-hydrogen) atoms. The van der Waals surface area contributed by atoms with Gasteiger partial charge in [-0.3, -0.25) is 9.59 Å². The molecule has 4 heteroatoms. The van der Waals surface area contributed by atoms with Crippen LogP contribution in [0.2, 0.25) is 0 Å². The molecule has 0 saturated heterocycles. The number of ether oxygens (including phenoxy) is 1. The van der Waals surface area contributed by atoms with E-state index in [1.165, 1.54) is 0 Å². The van der Waals surface area contributed by atoms with Gasteiger partial charge in [0.1, 0.15) is 5.41 Å². The summed E-state index contributed by atoms with van der Waals surface area (Å²) in [5.41, 5.74) is -1.28. The summed E-state index contributed by atoms with van der Waals surface area (Å²) >= 11 is 0. The minimum atomic E-state index is -1.28. The Labute approximate surface area is 89.6 Å². The number of rotatable bonds is 3. The summed E-state index contributed by atoms with van der Waals surface area (Å²) in [5.74, 6) is -0.446. The van der Waals surface area contributed by atoms with Gasteiger partial charge in [-0.05, 0) is 25.7 Å². The molecule has 0 amide bonds. The third-order valence-corrected chi connectivity index (χ3v) is 3.07. The lowest BCUT2D eigenvalue weighted by Crippen LogP contribution is -2.47. The van der Waals surface area contributed by atoms with E-state index in [1.54, 1.807) is 6.92 Å². The van der Waals surface area contributed by atoms with E-state index in [9.17, 15) is 14.7 Å². The molecular formula is C11H18O4. The largest absolute Gasteiger partial charge is 0.465 e. The van der Waals surface area contributed by atoms with Crippen molar-refractivity contribution in [2.75, 3.05) is 13.2 Å². The van der Waals surface area contributed by atoms with Crippen LogP contribution in [0.1, 0.15) is 33.1 Å². The molecule has 0 aromatic carbocycles. The van der Waals surface area contributed by atoms with E-state index in [2.05, 4.69) is 0 Å². The van der Waals surface area contributed by atoms with Crippen molar-refractivity contribution >= 4 is 11.8 Å². The molecule has 1 fully saturated rings. The Kier molecular flexibility index (Phi) is 3.85. The number of esters is 1. The molecule has 0 radical (unpaired) electrons. The Bertz CT molecular complexity index is 251. The summed E-state index contributed by atoms with van der Waals surface area (Å²) in [6, 6.07) is 0. The van der Waals surface area contributed by atoms with E-state index < -0.39 is 18.0 Å². The summed E-state index contributed by atoms with van der Waals surface area (Å²) in [4.78, 5) is 23.5. The van der Waals surface area contributed by atoms with Crippen molar-refractivity contribution < 1.29 is 19.4 Å². The molecule has 0 bridgehead atoms. The van der Waals surface area contributed by atoms with Crippen LogP contribution in [0.5, 0.6) is 0 Å². The quantitative estimate of drug-likeness (QED) is 0.560. The molecule has 2 atom stereocenters. The summed E-state index contributed by atoms with van der Waals surface area (Å²) in [6.45, 7) is 3.48. The van der Waals surface area contributed by atoms with Gasteiger partial charge in [-0.25, -0.2) is 0 Å². The van der Waals surface area contributed by atoms with E-state index in [1.807, 2.05) is 6.92 Å². The number of Topliss-reactive ketones (excluding diaryl/α,β-unsaturated/α-hetero) is 1. The molecule has 0 aromatic rings. The van der Waals surface area contributed by atoms with Crippen molar-refractivity contribution in [1.29, 1.82) is 0 Å². The standard InChI is InChI=1S/C11H18O4/c1-3-15-10(14)11(7-12)5-4-8(2)6-9(11)13/h8,12H,3-7H2,1-2H3/t8-,11?/m1/s1. The monoisotopic (exact) mass is 214 g/mol. The normalized spacial score (nSPS) is 31.4. The number of ketones is 1. The van der Waals surface area contributed by atoms with Crippen LogP contribution in [0.3, 0.4) is 0 Å². The Morgan fingerprint density at radius 3 is 2.80 bits per heavy atom. The predicted octanol–water partition coefficient (Wildman–Crippen LogP) is 0.917. The SMILES string of the molecule is CCOC(=O)C1(CO)CC[C@@H](C)CC1=O. The Balaban J connectivity index is 2.84. The fraction of sp³-hybridized carbons (Fsp3) is 0.818. The highest BCUT2D eigenvalue weighted by molar-refractivity contribution is 6.04. The Morgan fingerprint density at radius 1 is 1.67 bits per heavy atom. The zero-order valence-electron chi connectivity index (χ0n) is 9.28. The van der Waals surface area contributed by atoms with Crippen LogP contribution in [0, 0.1) is 11.3 Å². The molecule has 0 aliphatic heterocycles. The molecule has 0 aromatic heterocycles. The highest BCUT2D eigenvalue weighted by Gasteiger charge is 2.48. The summed E-state index contributed by atoms with van der Waals surface area (Å²) < 4.78 is 4.86. The average molecular weight is 214 g/mol. The van der Waals surface area contributed by atoms with E-state index in [4.69, 9.17) is 4.74 Å². The maximum absolute atomic E-state index is 11.8. The van der Waals surface area contributed by atoms with Crippen molar-refractivity contribution in [3.8, 4) is 0 Å². The fourth-order valence-electron chi connectivity index (χ4n) is 1.96. The van der Waals surface area contributed by atoms with Gasteiger partial charge < -0.3 is 9.84 Å². The molecular weight excluding hydrogens is 196 g/mol. The highest BCUT2D eigenvalue weighted by Crippen LogP contribution is 2.36. The predicted molar refractivity (Wildman–Crippen MR) is 54.2 cm³/mol. The molecule has 4 nitrogen and oxygen atoms in total. The van der Waals surface area contributed by atoms with Crippen molar-refractivity contribution in [2.45, 2.75) is 33.1 Å². The van der Waals surface area contributed by atoms with Crippen LogP contribution >= 0.6 is 0 Å². The second-order valence-electron chi connectivity index (χ2n) is 4.23. The molecule has 1 rings (SSSR count). The van der Waals surface area contributed by atoms with Gasteiger partial charge in [0.05, 0.1) is 13.2 Å². The molecule has 1 saturated carbocycles. The minimum absolute atomic E-state index is 0.179. The first-order chi connectivity index (χ1) is 7.06. The Hall–Kier alpha value is -0.900. The molecule has 1 N–H and O–H groups in total. The zero-order chi connectivity index (χ0) is 11.5. The number of carbonyl (C=O) groups excluding carboxylic acids is 2. The number of aliphatic hydroxyl groups excluding tert-OH is 1. The van der Waals surface area contributed by atoms with Crippen LogP contribution in [-0.2, 0) is 14.3 Å². The molecule has 1 unspecified atom stereocenters. The number of hydrogen-bond donors (Lipinski definition) is 1. The molecule has 1 aliphatic carbocycles. The summed E-state index contributed by atoms with van der Waals surface area (Å²) in [6.07, 6.45) is 1.55. The van der Waals surface area contributed by atoms with Gasteiger partial charge in [0.15, 0.2) is 5.78 Å². The van der Waals surface area contributed by atoms with Gasteiger partial charge in [-0.1, -0.05) is 6.92 Å². The topological polar surface area (TPSA) is 63.6 Å². The highest BCUT2D eigenvalue weighted by atomic mass is 16.5. The maximum Gasteiger partial charge on any atom is 0.322 e. The van der Waals surface area contributed by atoms with Crippen LogP contribution in [0.15, 0.2) is 0 Å². The number of aliphatic hydroxyl groups is 1. The van der Waals surface area contributed by atoms with E-state index in [-0.39, 0.29) is 12.4 Å². The van der Waals surface area contributed by atoms with E-state index in [0.29, 0.717) is 18.8 Å². The lowest BCUT2D eigenvalue weighted by Gasteiger charge is -2.33. The van der Waals surface area contributed by atoms with Crippen LogP contribution in [-0.4, -0.2) is 30.1 Å². The van der Waals surface area contributed by atoms with Gasteiger partial charge in [0.25, 0.3) is 0 Å². The van der Waals surface area contributed by atoms with Crippen molar-refractivity contribution in [3.63, 3.8) is 0 Å². The number of carbonyl (C=O) groups is 2. The first-order valence-electron chi connectivity index (χ1n) is 5.38. The first kappa shape index (κ1) is 12.2. The van der Waals surface area contributed by atoms with Gasteiger partial charge in [0, 0.05) is 6.42 Å². The third kappa shape index (κ3) is 2.20. The average Bonchev–Trinajstić information content (AvgIpc) is 2.19. The minimum Gasteiger partial charge on any atom is -0.465 e. The van der Waals surface area contributed by atoms with Crippen molar-refractivity contribution in [2.24, 2.45) is 11.3 Å². The molecule has 0 heterocycles. The van der Waals surface area contributed by atoms with Crippen LogP contribution < -0.4 is 0 Å². The smallest absolute Gasteiger partial charge is 0.322 e. The van der Waals surface area contributed by atoms with Crippen LogP contribution in [0.25, 0.3) is 0 Å². The summed E-state index contributed by atoms with van der Waals surface area (Å²) in [7, 11) is 0. The Morgan fingerprint density at radius 2 is 2.33 bits per heavy atom. The molecule has 0 spiro atoms. The second-order valence-corrected chi connectivity index (χ2v) is 4.23.